The highest BCUT2D eigenvalue weighted by Crippen LogP contribution is 2.49. The van der Waals surface area contributed by atoms with Crippen LogP contribution in [0.5, 0.6) is 0 Å². The van der Waals surface area contributed by atoms with E-state index in [9.17, 15) is 0 Å². The molecule has 0 aliphatic carbocycles. The molecule has 2 aromatic rings. The maximum absolute atomic E-state index is 2.78. The quantitative estimate of drug-likeness (QED) is 0.541. The molecule has 0 aromatic heterocycles. The topological polar surface area (TPSA) is 3.01 Å². The van der Waals surface area contributed by atoms with Gasteiger partial charge in [0.2, 0.25) is 5.71 Å². The minimum atomic E-state index is 0.141. The summed E-state index contributed by atoms with van der Waals surface area (Å²) in [5.41, 5.74) is 9.48. The Morgan fingerprint density at radius 3 is 2.36 bits per heavy atom. The standard InChI is InChI=1S/C27H36N/c1-6-9-13-20-14-12-16-22-21(20)18-19-28-25(22)23-15-10-11-17-24(23)26(4,7-2)27(28,5)8-3/h10-12,14-17H,6-9,13,18-19H2,1-5H3/q+1. The number of fused-ring (bicyclic) bond motifs is 4. The van der Waals surface area contributed by atoms with Crippen molar-refractivity contribution in [1.29, 1.82) is 0 Å². The van der Waals surface area contributed by atoms with Crippen molar-refractivity contribution in [3.05, 3.63) is 70.3 Å². The van der Waals surface area contributed by atoms with E-state index in [0.29, 0.717) is 0 Å². The number of aryl methyl sites for hydroxylation is 1. The van der Waals surface area contributed by atoms with Crippen molar-refractivity contribution in [3.8, 4) is 0 Å². The van der Waals surface area contributed by atoms with Gasteiger partial charge in [-0.3, -0.25) is 0 Å². The van der Waals surface area contributed by atoms with Crippen LogP contribution < -0.4 is 0 Å². The van der Waals surface area contributed by atoms with Crippen LogP contribution in [0.2, 0.25) is 0 Å². The number of unbranched alkanes of at least 4 members (excludes halogenated alkanes) is 1. The van der Waals surface area contributed by atoms with Crippen LogP contribution in [0.15, 0.2) is 42.5 Å². The van der Waals surface area contributed by atoms with Gasteiger partial charge in [0.1, 0.15) is 6.54 Å². The van der Waals surface area contributed by atoms with E-state index < -0.39 is 0 Å². The SMILES string of the molecule is CCCCc1cccc2c1CC[N+]1=C2c2ccccc2C(C)(CC)C1(C)CC. The predicted molar refractivity (Wildman–Crippen MR) is 120 cm³/mol. The van der Waals surface area contributed by atoms with E-state index in [2.05, 4.69) is 81.7 Å². The molecular weight excluding hydrogens is 338 g/mol. The Kier molecular flexibility index (Phi) is 4.98. The van der Waals surface area contributed by atoms with Gasteiger partial charge >= 0.3 is 0 Å². The minimum absolute atomic E-state index is 0.141. The van der Waals surface area contributed by atoms with E-state index >= 15 is 0 Å². The van der Waals surface area contributed by atoms with Crippen LogP contribution in [0.1, 0.15) is 88.1 Å². The minimum Gasteiger partial charge on any atom is -0.223 e. The Bertz CT molecular complexity index is 922. The molecule has 0 saturated carbocycles. The lowest BCUT2D eigenvalue weighted by molar-refractivity contribution is -0.620. The third-order valence-corrected chi connectivity index (χ3v) is 8.14. The van der Waals surface area contributed by atoms with E-state index in [4.69, 9.17) is 0 Å². The zero-order chi connectivity index (χ0) is 19.9. The maximum atomic E-state index is 2.78. The van der Waals surface area contributed by atoms with Crippen LogP contribution in [0.25, 0.3) is 0 Å². The second-order valence-electron chi connectivity index (χ2n) is 9.16. The smallest absolute Gasteiger partial charge is 0.215 e. The van der Waals surface area contributed by atoms with Crippen molar-refractivity contribution in [1.82, 2.24) is 0 Å². The van der Waals surface area contributed by atoms with Crippen molar-refractivity contribution >= 4 is 5.71 Å². The average Bonchev–Trinajstić information content (AvgIpc) is 2.75. The fourth-order valence-corrected chi connectivity index (χ4v) is 5.93. The molecule has 0 fully saturated rings. The highest BCUT2D eigenvalue weighted by Gasteiger charge is 2.57. The van der Waals surface area contributed by atoms with E-state index in [1.807, 2.05) is 0 Å². The molecule has 4 rings (SSSR count). The molecule has 0 amide bonds. The molecule has 2 aromatic carbocycles. The highest BCUT2D eigenvalue weighted by atomic mass is 15.1. The maximum Gasteiger partial charge on any atom is 0.215 e. The zero-order valence-corrected chi connectivity index (χ0v) is 18.4. The molecule has 2 heterocycles. The lowest BCUT2D eigenvalue weighted by atomic mass is 9.59. The summed E-state index contributed by atoms with van der Waals surface area (Å²) in [5, 5.41) is 0. The van der Waals surface area contributed by atoms with Crippen molar-refractivity contribution < 1.29 is 4.58 Å². The summed E-state index contributed by atoms with van der Waals surface area (Å²) in [4.78, 5) is 0. The highest BCUT2D eigenvalue weighted by molar-refractivity contribution is 6.12. The molecule has 0 N–H and O–H groups in total. The van der Waals surface area contributed by atoms with Crippen LogP contribution in [0.4, 0.5) is 0 Å². The molecule has 0 bridgehead atoms. The molecule has 148 valence electrons. The van der Waals surface area contributed by atoms with Gasteiger partial charge in [-0.2, -0.15) is 0 Å². The lowest BCUT2D eigenvalue weighted by Crippen LogP contribution is -2.61. The molecule has 28 heavy (non-hydrogen) atoms. The summed E-state index contributed by atoms with van der Waals surface area (Å²) in [7, 11) is 0. The fraction of sp³-hybridized carbons (Fsp3) is 0.519. The monoisotopic (exact) mass is 374 g/mol. The van der Waals surface area contributed by atoms with Crippen molar-refractivity contribution in [3.63, 3.8) is 0 Å². The first-order chi connectivity index (χ1) is 13.5. The van der Waals surface area contributed by atoms with E-state index in [1.54, 1.807) is 16.7 Å². The first-order valence-electron chi connectivity index (χ1n) is 11.4. The molecule has 2 aliphatic heterocycles. The number of hydrogen-bond donors (Lipinski definition) is 0. The summed E-state index contributed by atoms with van der Waals surface area (Å²) in [6, 6.07) is 16.3. The fourth-order valence-electron chi connectivity index (χ4n) is 5.93. The summed E-state index contributed by atoms with van der Waals surface area (Å²) < 4.78 is 2.78. The van der Waals surface area contributed by atoms with Gasteiger partial charge in [0.05, 0.1) is 16.5 Å². The van der Waals surface area contributed by atoms with Gasteiger partial charge in [-0.05, 0) is 55.0 Å². The van der Waals surface area contributed by atoms with Gasteiger partial charge in [-0.1, -0.05) is 57.5 Å². The van der Waals surface area contributed by atoms with E-state index in [0.717, 1.165) is 6.54 Å². The zero-order valence-electron chi connectivity index (χ0n) is 18.4. The van der Waals surface area contributed by atoms with Crippen LogP contribution in [-0.4, -0.2) is 22.4 Å². The number of benzene rings is 2. The number of nitrogens with zero attached hydrogens (tertiary/aromatic N) is 1. The van der Waals surface area contributed by atoms with Gasteiger partial charge in [-0.15, -0.1) is 0 Å². The molecule has 0 radical (unpaired) electrons. The second-order valence-corrected chi connectivity index (χ2v) is 9.16. The Balaban J connectivity index is 2.01. The molecule has 2 atom stereocenters. The first-order valence-corrected chi connectivity index (χ1v) is 11.4. The van der Waals surface area contributed by atoms with Crippen molar-refractivity contribution in [2.24, 2.45) is 0 Å². The second kappa shape index (κ2) is 7.17. The van der Waals surface area contributed by atoms with Gasteiger partial charge in [0.25, 0.3) is 0 Å². The molecule has 0 saturated heterocycles. The van der Waals surface area contributed by atoms with Crippen molar-refractivity contribution in [2.75, 3.05) is 6.54 Å². The Labute approximate surface area is 171 Å². The predicted octanol–water partition coefficient (Wildman–Crippen LogP) is 6.29. The summed E-state index contributed by atoms with van der Waals surface area (Å²) >= 11 is 0. The molecule has 0 spiro atoms. The lowest BCUT2D eigenvalue weighted by Gasteiger charge is -2.48. The average molecular weight is 375 g/mol. The van der Waals surface area contributed by atoms with E-state index in [-0.39, 0.29) is 11.0 Å². The van der Waals surface area contributed by atoms with Crippen LogP contribution in [-0.2, 0) is 18.3 Å². The van der Waals surface area contributed by atoms with Crippen LogP contribution in [0, 0.1) is 0 Å². The van der Waals surface area contributed by atoms with Crippen LogP contribution >= 0.6 is 0 Å². The third-order valence-electron chi connectivity index (χ3n) is 8.14. The Morgan fingerprint density at radius 1 is 0.893 bits per heavy atom. The van der Waals surface area contributed by atoms with Crippen molar-refractivity contribution in [2.45, 2.75) is 84.1 Å². The first kappa shape index (κ1) is 19.4. The van der Waals surface area contributed by atoms with Crippen LogP contribution in [0.3, 0.4) is 0 Å². The van der Waals surface area contributed by atoms with Gasteiger partial charge in [0.15, 0.2) is 5.54 Å². The number of rotatable bonds is 5. The van der Waals surface area contributed by atoms with Gasteiger partial charge in [0, 0.05) is 19.8 Å². The normalized spacial score (nSPS) is 25.9. The molecule has 2 aliphatic rings. The third kappa shape index (κ3) is 2.55. The molecule has 1 heteroatoms. The Hall–Kier alpha value is -1.89. The summed E-state index contributed by atoms with van der Waals surface area (Å²) in [5.74, 6) is 0. The Morgan fingerprint density at radius 2 is 1.64 bits per heavy atom. The summed E-state index contributed by atoms with van der Waals surface area (Å²) in [6.45, 7) is 13.2. The van der Waals surface area contributed by atoms with Gasteiger partial charge in [-0.25, -0.2) is 4.58 Å². The van der Waals surface area contributed by atoms with Gasteiger partial charge < -0.3 is 0 Å². The van der Waals surface area contributed by atoms with E-state index in [1.165, 1.54) is 55.4 Å². The summed E-state index contributed by atoms with van der Waals surface area (Å²) in [6.07, 6.45) is 7.27. The largest absolute Gasteiger partial charge is 0.223 e. The molecule has 2 unspecified atom stereocenters. The molecule has 1 nitrogen and oxygen atoms in total. The molecular formula is C27H36N+. The number of hydrogen-bond acceptors (Lipinski definition) is 0.